The number of amides is 1. The average Bonchev–Trinajstić information content (AvgIpc) is 3.20. The van der Waals surface area contributed by atoms with Crippen LogP contribution >= 0.6 is 22.9 Å². The maximum Gasteiger partial charge on any atom is 0.228 e. The molecule has 0 unspecified atom stereocenters. The first-order chi connectivity index (χ1) is 14.1. The Bertz CT molecular complexity index is 1160. The van der Waals surface area contributed by atoms with Crippen molar-refractivity contribution in [1.82, 2.24) is 4.98 Å². The quantitative estimate of drug-likeness (QED) is 0.401. The summed E-state index contributed by atoms with van der Waals surface area (Å²) < 4.78 is 13.0. The van der Waals surface area contributed by atoms with Crippen LogP contribution in [0.1, 0.15) is 5.56 Å². The summed E-state index contributed by atoms with van der Waals surface area (Å²) in [6.45, 7) is 0. The van der Waals surface area contributed by atoms with Gasteiger partial charge >= 0.3 is 0 Å². The molecule has 4 aromatic rings. The van der Waals surface area contributed by atoms with E-state index in [1.165, 1.54) is 23.5 Å². The van der Waals surface area contributed by atoms with Crippen molar-refractivity contribution >= 4 is 34.5 Å². The van der Waals surface area contributed by atoms with Gasteiger partial charge in [0.1, 0.15) is 10.8 Å². The van der Waals surface area contributed by atoms with E-state index >= 15 is 0 Å². The fourth-order valence-electron chi connectivity index (χ4n) is 2.91. The molecule has 0 atom stereocenters. The molecule has 1 aromatic heterocycles. The van der Waals surface area contributed by atoms with Crippen LogP contribution in [0.5, 0.6) is 0 Å². The number of hydrogen-bond acceptors (Lipinski definition) is 3. The van der Waals surface area contributed by atoms with Crippen molar-refractivity contribution in [2.24, 2.45) is 0 Å². The number of benzene rings is 3. The summed E-state index contributed by atoms with van der Waals surface area (Å²) in [6.07, 6.45) is 0.178. The molecule has 29 heavy (non-hydrogen) atoms. The minimum Gasteiger partial charge on any atom is -0.326 e. The number of halogens is 2. The molecule has 1 N–H and O–H groups in total. The Labute approximate surface area is 176 Å². The highest BCUT2D eigenvalue weighted by Crippen LogP contribution is 2.33. The van der Waals surface area contributed by atoms with E-state index in [2.05, 4.69) is 5.32 Å². The first-order valence-corrected chi connectivity index (χ1v) is 10.2. The third-order valence-electron chi connectivity index (χ3n) is 4.33. The van der Waals surface area contributed by atoms with Gasteiger partial charge in [0, 0.05) is 22.2 Å². The molecule has 1 heterocycles. The number of thiazole rings is 1. The molecule has 3 aromatic carbocycles. The summed E-state index contributed by atoms with van der Waals surface area (Å²) in [5.41, 5.74) is 4.05. The maximum absolute atomic E-state index is 13.0. The first kappa shape index (κ1) is 19.3. The van der Waals surface area contributed by atoms with Gasteiger partial charge in [-0.15, -0.1) is 11.3 Å². The fourth-order valence-corrected chi connectivity index (χ4v) is 4.06. The van der Waals surface area contributed by atoms with Gasteiger partial charge in [0.05, 0.1) is 17.1 Å². The second kappa shape index (κ2) is 8.55. The number of hydrogen-bond donors (Lipinski definition) is 1. The zero-order valence-electron chi connectivity index (χ0n) is 15.2. The minimum absolute atomic E-state index is 0.163. The molecule has 3 nitrogen and oxygen atoms in total. The van der Waals surface area contributed by atoms with E-state index in [1.54, 1.807) is 12.1 Å². The molecule has 4 rings (SSSR count). The molecule has 144 valence electrons. The second-order valence-electron chi connectivity index (χ2n) is 6.45. The van der Waals surface area contributed by atoms with Crippen LogP contribution in [0, 0.1) is 5.82 Å². The summed E-state index contributed by atoms with van der Waals surface area (Å²) in [7, 11) is 0. The van der Waals surface area contributed by atoms with Crippen LogP contribution in [0.15, 0.2) is 78.2 Å². The van der Waals surface area contributed by atoms with Crippen LogP contribution in [0.3, 0.4) is 0 Å². The summed E-state index contributed by atoms with van der Waals surface area (Å²) in [4.78, 5) is 17.0. The molecular formula is C23H16ClFN2OS. The Hall–Kier alpha value is -3.02. The van der Waals surface area contributed by atoms with Gasteiger partial charge in [0.15, 0.2) is 0 Å². The van der Waals surface area contributed by atoms with E-state index in [0.29, 0.717) is 10.7 Å². The standard InChI is InChI=1S/C23H16ClFN2OS/c24-20-7-2-1-6-19(20)23-27-21(14-29-23)16-4-3-5-18(13-16)26-22(28)12-15-8-10-17(25)11-9-15/h1-11,13-14H,12H2,(H,26,28). The molecule has 0 fully saturated rings. The lowest BCUT2D eigenvalue weighted by Crippen LogP contribution is -2.14. The van der Waals surface area contributed by atoms with Crippen molar-refractivity contribution in [1.29, 1.82) is 0 Å². The van der Waals surface area contributed by atoms with Crippen LogP contribution in [-0.4, -0.2) is 10.9 Å². The molecule has 0 radical (unpaired) electrons. The molecule has 0 bridgehead atoms. The van der Waals surface area contributed by atoms with Crippen molar-refractivity contribution in [3.8, 4) is 21.8 Å². The number of carbonyl (C=O) groups is 1. The number of carbonyl (C=O) groups excluding carboxylic acids is 1. The van der Waals surface area contributed by atoms with Gasteiger partial charge < -0.3 is 5.32 Å². The van der Waals surface area contributed by atoms with Gasteiger partial charge in [-0.1, -0.05) is 54.1 Å². The van der Waals surface area contributed by atoms with Gasteiger partial charge in [0.2, 0.25) is 5.91 Å². The van der Waals surface area contributed by atoms with Crippen LogP contribution < -0.4 is 5.32 Å². The lowest BCUT2D eigenvalue weighted by Gasteiger charge is -2.07. The summed E-state index contributed by atoms with van der Waals surface area (Å²) in [6, 6.07) is 21.0. The SMILES string of the molecule is O=C(Cc1ccc(F)cc1)Nc1cccc(-c2csc(-c3ccccc3Cl)n2)c1. The lowest BCUT2D eigenvalue weighted by atomic mass is 10.1. The molecule has 1 amide bonds. The monoisotopic (exact) mass is 422 g/mol. The first-order valence-electron chi connectivity index (χ1n) is 8.93. The minimum atomic E-state index is -0.318. The number of anilines is 1. The van der Waals surface area contributed by atoms with E-state index in [1.807, 2.05) is 53.9 Å². The predicted molar refractivity (Wildman–Crippen MR) is 117 cm³/mol. The molecule has 0 spiro atoms. The van der Waals surface area contributed by atoms with Crippen molar-refractivity contribution in [2.45, 2.75) is 6.42 Å². The zero-order chi connectivity index (χ0) is 20.2. The highest BCUT2D eigenvalue weighted by atomic mass is 35.5. The van der Waals surface area contributed by atoms with Crippen LogP contribution in [0.4, 0.5) is 10.1 Å². The van der Waals surface area contributed by atoms with E-state index in [9.17, 15) is 9.18 Å². The Morgan fingerprint density at radius 3 is 2.62 bits per heavy atom. The van der Waals surface area contributed by atoms with Gasteiger partial charge in [-0.25, -0.2) is 9.37 Å². The van der Waals surface area contributed by atoms with Gasteiger partial charge in [-0.2, -0.15) is 0 Å². The topological polar surface area (TPSA) is 42.0 Å². The number of rotatable bonds is 5. The zero-order valence-corrected chi connectivity index (χ0v) is 16.8. The summed E-state index contributed by atoms with van der Waals surface area (Å²) in [5.74, 6) is -0.481. The molecule has 0 aliphatic rings. The molecule has 0 aliphatic carbocycles. The molecule has 0 aliphatic heterocycles. The van der Waals surface area contributed by atoms with Gasteiger partial charge in [-0.05, 0) is 35.9 Å². The normalized spacial score (nSPS) is 10.7. The summed E-state index contributed by atoms with van der Waals surface area (Å²) in [5, 5.41) is 6.36. The molecule has 0 saturated carbocycles. The maximum atomic E-state index is 13.0. The Morgan fingerprint density at radius 2 is 1.83 bits per heavy atom. The molecule has 0 saturated heterocycles. The molecular weight excluding hydrogens is 407 g/mol. The fraction of sp³-hybridized carbons (Fsp3) is 0.0435. The Morgan fingerprint density at radius 1 is 1.03 bits per heavy atom. The summed E-state index contributed by atoms with van der Waals surface area (Å²) >= 11 is 7.79. The third-order valence-corrected chi connectivity index (χ3v) is 5.53. The smallest absolute Gasteiger partial charge is 0.228 e. The Kier molecular flexibility index (Phi) is 5.69. The van der Waals surface area contributed by atoms with E-state index in [-0.39, 0.29) is 18.1 Å². The largest absolute Gasteiger partial charge is 0.326 e. The Balaban J connectivity index is 1.50. The molecule has 6 heteroatoms. The lowest BCUT2D eigenvalue weighted by molar-refractivity contribution is -0.115. The van der Waals surface area contributed by atoms with Crippen LogP contribution in [-0.2, 0) is 11.2 Å². The van der Waals surface area contributed by atoms with Crippen LogP contribution in [0.2, 0.25) is 5.02 Å². The van der Waals surface area contributed by atoms with Gasteiger partial charge in [0.25, 0.3) is 0 Å². The van der Waals surface area contributed by atoms with Crippen molar-refractivity contribution in [3.63, 3.8) is 0 Å². The van der Waals surface area contributed by atoms with Gasteiger partial charge in [-0.3, -0.25) is 4.79 Å². The highest BCUT2D eigenvalue weighted by Gasteiger charge is 2.11. The highest BCUT2D eigenvalue weighted by molar-refractivity contribution is 7.13. The van der Waals surface area contributed by atoms with E-state index in [4.69, 9.17) is 16.6 Å². The number of nitrogens with one attached hydrogen (secondary N) is 1. The third kappa shape index (κ3) is 4.70. The van der Waals surface area contributed by atoms with Crippen molar-refractivity contribution in [2.75, 3.05) is 5.32 Å². The van der Waals surface area contributed by atoms with E-state index < -0.39 is 0 Å². The van der Waals surface area contributed by atoms with Crippen LogP contribution in [0.25, 0.3) is 21.8 Å². The van der Waals surface area contributed by atoms with E-state index in [0.717, 1.165) is 27.4 Å². The number of nitrogens with zero attached hydrogens (tertiary/aromatic N) is 1. The number of aromatic nitrogens is 1. The van der Waals surface area contributed by atoms with Crippen molar-refractivity contribution in [3.05, 3.63) is 94.6 Å². The second-order valence-corrected chi connectivity index (χ2v) is 7.72. The van der Waals surface area contributed by atoms with Crippen molar-refractivity contribution < 1.29 is 9.18 Å². The average molecular weight is 423 g/mol. The predicted octanol–water partition coefficient (Wildman–Crippen LogP) is 6.45.